The number of nitrogens with one attached hydrogen (secondary N) is 1. The summed E-state index contributed by atoms with van der Waals surface area (Å²) in [6.45, 7) is 4.13. The molecule has 2 aromatic heterocycles. The Hall–Kier alpha value is -2.89. The number of hydrogen-bond donors (Lipinski definition) is 1. The van der Waals surface area contributed by atoms with Crippen molar-refractivity contribution in [1.29, 1.82) is 0 Å². The summed E-state index contributed by atoms with van der Waals surface area (Å²) in [4.78, 5) is 12.2. The van der Waals surface area contributed by atoms with Crippen molar-refractivity contribution in [3.8, 4) is 5.69 Å². The third-order valence-electron chi connectivity index (χ3n) is 3.60. The minimum Gasteiger partial charge on any atom is -0.348 e. The Morgan fingerprint density at radius 3 is 2.78 bits per heavy atom. The van der Waals surface area contributed by atoms with Gasteiger partial charge in [-0.05, 0) is 37.1 Å². The van der Waals surface area contributed by atoms with Crippen molar-refractivity contribution in [2.24, 2.45) is 0 Å². The maximum Gasteiger partial charge on any atom is 0.242 e. The molecule has 23 heavy (non-hydrogen) atoms. The molecular weight excluding hydrogens is 290 g/mol. The second-order valence-corrected chi connectivity index (χ2v) is 5.51. The van der Waals surface area contributed by atoms with E-state index < -0.39 is 0 Å². The van der Waals surface area contributed by atoms with Crippen molar-refractivity contribution in [3.05, 3.63) is 66.2 Å². The van der Waals surface area contributed by atoms with Crippen molar-refractivity contribution in [3.63, 3.8) is 0 Å². The first kappa shape index (κ1) is 15.0. The highest BCUT2D eigenvalue weighted by Crippen LogP contribution is 2.20. The van der Waals surface area contributed by atoms with Crippen LogP contribution in [-0.2, 0) is 11.3 Å². The molecule has 0 aliphatic carbocycles. The predicted octanol–water partition coefficient (Wildman–Crippen LogP) is 2.25. The monoisotopic (exact) mass is 309 g/mol. The Balaban J connectivity index is 1.73. The molecule has 0 spiro atoms. The minimum atomic E-state index is -0.125. The zero-order valence-electron chi connectivity index (χ0n) is 13.2. The van der Waals surface area contributed by atoms with Crippen molar-refractivity contribution >= 4 is 5.91 Å². The third kappa shape index (κ3) is 3.48. The van der Waals surface area contributed by atoms with E-state index in [-0.39, 0.29) is 18.5 Å². The Labute approximate surface area is 134 Å². The first-order chi connectivity index (χ1) is 11.1. The lowest BCUT2D eigenvalue weighted by atomic mass is 10.1. The van der Waals surface area contributed by atoms with Crippen LogP contribution in [0.25, 0.3) is 5.69 Å². The Bertz CT molecular complexity index is 791. The molecule has 1 N–H and O–H groups in total. The molecule has 0 saturated heterocycles. The van der Waals surface area contributed by atoms with E-state index in [1.165, 1.54) is 0 Å². The van der Waals surface area contributed by atoms with E-state index >= 15 is 0 Å². The summed E-state index contributed by atoms with van der Waals surface area (Å²) in [5, 5.41) is 11.4. The SMILES string of the molecule is Cc1cnn(CC(=O)NC(C)c2ccccc2-n2cccn2)c1. The van der Waals surface area contributed by atoms with Crippen molar-refractivity contribution < 1.29 is 4.79 Å². The van der Waals surface area contributed by atoms with Crippen molar-refractivity contribution in [1.82, 2.24) is 24.9 Å². The molecule has 1 aromatic carbocycles. The number of carbonyl (C=O) groups is 1. The second-order valence-electron chi connectivity index (χ2n) is 5.51. The fourth-order valence-corrected chi connectivity index (χ4v) is 2.54. The molecule has 3 aromatic rings. The highest BCUT2D eigenvalue weighted by atomic mass is 16.2. The molecule has 1 atom stereocenters. The van der Waals surface area contributed by atoms with Crippen LogP contribution in [0.5, 0.6) is 0 Å². The van der Waals surface area contributed by atoms with Crippen LogP contribution in [0.3, 0.4) is 0 Å². The van der Waals surface area contributed by atoms with Crippen molar-refractivity contribution in [2.75, 3.05) is 0 Å². The molecule has 6 heteroatoms. The number of benzene rings is 1. The van der Waals surface area contributed by atoms with Gasteiger partial charge >= 0.3 is 0 Å². The normalized spacial score (nSPS) is 12.1. The highest BCUT2D eigenvalue weighted by Gasteiger charge is 2.14. The average Bonchev–Trinajstić information content (AvgIpc) is 3.19. The standard InChI is InChI=1S/C17H19N5O/c1-13-10-19-21(11-13)12-17(23)20-14(2)15-6-3-4-7-16(15)22-9-5-8-18-22/h3-11,14H,12H2,1-2H3,(H,20,23). The van der Waals surface area contributed by atoms with Gasteiger partial charge in [-0.2, -0.15) is 10.2 Å². The van der Waals surface area contributed by atoms with E-state index in [1.807, 2.05) is 56.6 Å². The number of carbonyl (C=O) groups excluding carboxylic acids is 1. The van der Waals surface area contributed by atoms with Gasteiger partial charge < -0.3 is 5.32 Å². The van der Waals surface area contributed by atoms with E-state index in [9.17, 15) is 4.79 Å². The average molecular weight is 309 g/mol. The van der Waals surface area contributed by atoms with Crippen LogP contribution in [0, 0.1) is 6.92 Å². The molecule has 6 nitrogen and oxygen atoms in total. The fraction of sp³-hybridized carbons (Fsp3) is 0.235. The molecule has 118 valence electrons. The lowest BCUT2D eigenvalue weighted by molar-refractivity contribution is -0.122. The first-order valence-electron chi connectivity index (χ1n) is 7.51. The lowest BCUT2D eigenvalue weighted by Gasteiger charge is -2.18. The number of para-hydroxylation sites is 1. The summed E-state index contributed by atoms with van der Waals surface area (Å²) in [6.07, 6.45) is 7.21. The van der Waals surface area contributed by atoms with E-state index in [2.05, 4.69) is 15.5 Å². The van der Waals surface area contributed by atoms with Gasteiger partial charge in [0.1, 0.15) is 6.54 Å². The van der Waals surface area contributed by atoms with Gasteiger partial charge in [0.05, 0.1) is 17.9 Å². The largest absolute Gasteiger partial charge is 0.348 e. The van der Waals surface area contributed by atoms with Gasteiger partial charge in [0.2, 0.25) is 5.91 Å². The number of aryl methyl sites for hydroxylation is 1. The summed E-state index contributed by atoms with van der Waals surface area (Å²) >= 11 is 0. The fourth-order valence-electron chi connectivity index (χ4n) is 2.54. The number of rotatable bonds is 5. The molecule has 2 heterocycles. The van der Waals surface area contributed by atoms with Gasteiger partial charge in [0.15, 0.2) is 0 Å². The van der Waals surface area contributed by atoms with Crippen LogP contribution in [0.1, 0.15) is 24.1 Å². The topological polar surface area (TPSA) is 64.7 Å². The molecule has 0 aliphatic heterocycles. The Morgan fingerprint density at radius 1 is 1.26 bits per heavy atom. The number of nitrogens with zero attached hydrogens (tertiary/aromatic N) is 4. The smallest absolute Gasteiger partial charge is 0.242 e. The van der Waals surface area contributed by atoms with Crippen molar-refractivity contribution in [2.45, 2.75) is 26.4 Å². The van der Waals surface area contributed by atoms with Gasteiger partial charge in [-0.1, -0.05) is 18.2 Å². The first-order valence-corrected chi connectivity index (χ1v) is 7.51. The molecule has 0 fully saturated rings. The zero-order chi connectivity index (χ0) is 16.2. The van der Waals surface area contributed by atoms with Crippen LogP contribution in [0.2, 0.25) is 0 Å². The number of amides is 1. The molecule has 0 saturated carbocycles. The van der Waals surface area contributed by atoms with E-state index in [1.54, 1.807) is 21.8 Å². The second kappa shape index (κ2) is 6.48. The van der Waals surface area contributed by atoms with Crippen LogP contribution >= 0.6 is 0 Å². The van der Waals surface area contributed by atoms with Gasteiger partial charge in [0.25, 0.3) is 0 Å². The summed E-state index contributed by atoms with van der Waals surface area (Å²) < 4.78 is 3.44. The Kier molecular flexibility index (Phi) is 4.23. The maximum absolute atomic E-state index is 12.2. The summed E-state index contributed by atoms with van der Waals surface area (Å²) in [6, 6.07) is 9.66. The molecule has 0 radical (unpaired) electrons. The number of aromatic nitrogens is 4. The molecule has 0 aliphatic rings. The van der Waals surface area contributed by atoms with E-state index in [4.69, 9.17) is 0 Å². The molecule has 3 rings (SSSR count). The summed E-state index contributed by atoms with van der Waals surface area (Å²) in [5.74, 6) is -0.0733. The molecule has 1 unspecified atom stereocenters. The summed E-state index contributed by atoms with van der Waals surface area (Å²) in [5.41, 5.74) is 3.01. The minimum absolute atomic E-state index is 0.0733. The number of hydrogen-bond acceptors (Lipinski definition) is 3. The quantitative estimate of drug-likeness (QED) is 0.786. The third-order valence-corrected chi connectivity index (χ3v) is 3.60. The predicted molar refractivity (Wildman–Crippen MR) is 87.1 cm³/mol. The molecule has 0 bridgehead atoms. The molecule has 1 amide bonds. The van der Waals surface area contributed by atoms with Crippen LogP contribution in [-0.4, -0.2) is 25.5 Å². The Morgan fingerprint density at radius 2 is 2.09 bits per heavy atom. The maximum atomic E-state index is 12.2. The van der Waals surface area contributed by atoms with Gasteiger partial charge in [-0.15, -0.1) is 0 Å². The van der Waals surface area contributed by atoms with Crippen LogP contribution in [0.15, 0.2) is 55.1 Å². The van der Waals surface area contributed by atoms with Gasteiger partial charge in [-0.25, -0.2) is 4.68 Å². The van der Waals surface area contributed by atoms with Crippen LogP contribution in [0.4, 0.5) is 0 Å². The highest BCUT2D eigenvalue weighted by molar-refractivity contribution is 5.76. The summed E-state index contributed by atoms with van der Waals surface area (Å²) in [7, 11) is 0. The van der Waals surface area contributed by atoms with E-state index in [0.717, 1.165) is 16.8 Å². The van der Waals surface area contributed by atoms with E-state index in [0.29, 0.717) is 0 Å². The zero-order valence-corrected chi connectivity index (χ0v) is 13.2. The van der Waals surface area contributed by atoms with Crippen LogP contribution < -0.4 is 5.32 Å². The van der Waals surface area contributed by atoms with Gasteiger partial charge in [-0.3, -0.25) is 9.48 Å². The molecular formula is C17H19N5O. The van der Waals surface area contributed by atoms with Gasteiger partial charge in [0, 0.05) is 18.6 Å². The lowest BCUT2D eigenvalue weighted by Crippen LogP contribution is -2.30.